The van der Waals surface area contributed by atoms with Crippen LogP contribution in [0.15, 0.2) is 41.8 Å². The van der Waals surface area contributed by atoms with Crippen molar-refractivity contribution in [2.24, 2.45) is 0 Å². The van der Waals surface area contributed by atoms with E-state index >= 15 is 0 Å². The number of aromatic nitrogens is 2. The predicted octanol–water partition coefficient (Wildman–Crippen LogP) is 3.21. The van der Waals surface area contributed by atoms with Crippen LogP contribution in [0, 0.1) is 0 Å². The third-order valence-electron chi connectivity index (χ3n) is 3.31. The maximum Gasteiger partial charge on any atom is 0.272 e. The van der Waals surface area contributed by atoms with Gasteiger partial charge in [0.05, 0.1) is 6.61 Å². The van der Waals surface area contributed by atoms with Gasteiger partial charge >= 0.3 is 0 Å². The van der Waals surface area contributed by atoms with E-state index < -0.39 is 10.0 Å². The van der Waals surface area contributed by atoms with E-state index in [4.69, 9.17) is 4.74 Å². The van der Waals surface area contributed by atoms with Crippen LogP contribution < -0.4 is 4.74 Å². The molecule has 6 heteroatoms. The van der Waals surface area contributed by atoms with Crippen molar-refractivity contribution in [1.82, 2.24) is 8.96 Å². The molecule has 0 saturated heterocycles. The van der Waals surface area contributed by atoms with E-state index in [0.29, 0.717) is 12.4 Å². The first-order chi connectivity index (χ1) is 10.3. The Morgan fingerprint density at radius 3 is 2.55 bits per heavy atom. The molecule has 0 aliphatic rings. The van der Waals surface area contributed by atoms with Gasteiger partial charge in [0, 0.05) is 12.4 Å². The van der Waals surface area contributed by atoms with Crippen molar-refractivity contribution < 1.29 is 13.2 Å². The van der Waals surface area contributed by atoms with E-state index in [1.54, 1.807) is 12.1 Å². The van der Waals surface area contributed by atoms with E-state index in [0.717, 1.165) is 16.0 Å². The van der Waals surface area contributed by atoms with Crippen molar-refractivity contribution in [2.45, 2.75) is 44.4 Å². The number of benzene rings is 1. The normalized spacial score (nSPS) is 12.4. The van der Waals surface area contributed by atoms with Gasteiger partial charge in [0.1, 0.15) is 17.0 Å². The smallest absolute Gasteiger partial charge is 0.272 e. The van der Waals surface area contributed by atoms with Gasteiger partial charge in [-0.25, -0.2) is 17.4 Å². The molecule has 0 unspecified atom stereocenters. The van der Waals surface area contributed by atoms with Crippen LogP contribution in [-0.4, -0.2) is 24.0 Å². The summed E-state index contributed by atoms with van der Waals surface area (Å²) < 4.78 is 32.3. The molecule has 22 heavy (non-hydrogen) atoms. The first-order valence-electron chi connectivity index (χ1n) is 7.27. The first-order valence-corrected chi connectivity index (χ1v) is 8.71. The van der Waals surface area contributed by atoms with E-state index in [-0.39, 0.29) is 10.3 Å². The van der Waals surface area contributed by atoms with Crippen LogP contribution >= 0.6 is 0 Å². The molecule has 2 aromatic rings. The molecule has 0 fully saturated rings. The second-order valence-electron chi connectivity index (χ2n) is 6.16. The van der Waals surface area contributed by atoms with Crippen LogP contribution in [0.3, 0.4) is 0 Å². The average molecular weight is 322 g/mol. The van der Waals surface area contributed by atoms with Crippen LogP contribution in [0.25, 0.3) is 0 Å². The number of nitrogens with zero attached hydrogens (tertiary/aromatic N) is 2. The zero-order chi connectivity index (χ0) is 16.4. The molecule has 0 spiro atoms. The summed E-state index contributed by atoms with van der Waals surface area (Å²) in [5, 5.41) is 0. The second-order valence-corrected chi connectivity index (χ2v) is 7.97. The minimum Gasteiger partial charge on any atom is -0.492 e. The molecule has 0 bridgehead atoms. The zero-order valence-electron chi connectivity index (χ0n) is 13.4. The molecule has 1 aromatic carbocycles. The van der Waals surface area contributed by atoms with Gasteiger partial charge in [-0.3, -0.25) is 0 Å². The van der Waals surface area contributed by atoms with Crippen molar-refractivity contribution >= 4 is 10.0 Å². The molecular formula is C16H22N2O3S. The van der Waals surface area contributed by atoms with E-state index in [9.17, 15) is 8.42 Å². The highest BCUT2D eigenvalue weighted by atomic mass is 32.2. The average Bonchev–Trinajstić information content (AvgIpc) is 2.98. The van der Waals surface area contributed by atoms with Crippen LogP contribution in [0.5, 0.6) is 5.75 Å². The minimum atomic E-state index is -3.71. The standard InChI is InChI=1S/C16H22N2O3S/c1-5-10-21-14-7-6-13(16(2,3)4)11-15(14)22(19,20)18-9-8-17-12-18/h6-9,11-12H,5,10H2,1-4H3. The summed E-state index contributed by atoms with van der Waals surface area (Å²) in [4.78, 5) is 3.99. The fourth-order valence-corrected chi connectivity index (χ4v) is 3.29. The number of hydrogen-bond acceptors (Lipinski definition) is 4. The largest absolute Gasteiger partial charge is 0.492 e. The van der Waals surface area contributed by atoms with Gasteiger partial charge in [-0.2, -0.15) is 0 Å². The topological polar surface area (TPSA) is 61.2 Å². The molecule has 0 amide bonds. The van der Waals surface area contributed by atoms with Gasteiger partial charge in [0.25, 0.3) is 10.0 Å². The van der Waals surface area contributed by atoms with Gasteiger partial charge in [0.15, 0.2) is 0 Å². The van der Waals surface area contributed by atoms with Crippen molar-refractivity contribution in [3.63, 3.8) is 0 Å². The summed E-state index contributed by atoms with van der Waals surface area (Å²) in [6, 6.07) is 5.35. The van der Waals surface area contributed by atoms with Gasteiger partial charge < -0.3 is 4.74 Å². The van der Waals surface area contributed by atoms with Crippen molar-refractivity contribution in [2.75, 3.05) is 6.61 Å². The quantitative estimate of drug-likeness (QED) is 0.848. The highest BCUT2D eigenvalue weighted by Crippen LogP contribution is 2.32. The van der Waals surface area contributed by atoms with Gasteiger partial charge in [0.2, 0.25) is 0 Å². The number of imidazole rings is 1. The molecule has 120 valence electrons. The van der Waals surface area contributed by atoms with Crippen LogP contribution in [0.1, 0.15) is 39.7 Å². The Balaban J connectivity index is 2.59. The van der Waals surface area contributed by atoms with Crippen molar-refractivity contribution in [1.29, 1.82) is 0 Å². The van der Waals surface area contributed by atoms with Crippen molar-refractivity contribution in [3.8, 4) is 5.75 Å². The summed E-state index contributed by atoms with van der Waals surface area (Å²) in [5.41, 5.74) is 0.790. The van der Waals surface area contributed by atoms with Crippen LogP contribution in [-0.2, 0) is 15.4 Å². The molecular weight excluding hydrogens is 300 g/mol. The number of ether oxygens (including phenoxy) is 1. The molecule has 0 aliphatic heterocycles. The molecule has 2 rings (SSSR count). The number of rotatable bonds is 5. The third kappa shape index (κ3) is 3.32. The summed E-state index contributed by atoms with van der Waals surface area (Å²) >= 11 is 0. The molecule has 0 aliphatic carbocycles. The summed E-state index contributed by atoms with van der Waals surface area (Å²) in [5.74, 6) is 0.378. The monoisotopic (exact) mass is 322 g/mol. The molecule has 0 N–H and O–H groups in total. The summed E-state index contributed by atoms with van der Waals surface area (Å²) in [6.07, 6.45) is 4.95. The van der Waals surface area contributed by atoms with Gasteiger partial charge in [-0.05, 0) is 29.5 Å². The summed E-state index contributed by atoms with van der Waals surface area (Å²) in [7, 11) is -3.71. The first kappa shape index (κ1) is 16.5. The Morgan fingerprint density at radius 1 is 1.27 bits per heavy atom. The lowest BCUT2D eigenvalue weighted by Crippen LogP contribution is -2.16. The molecule has 0 radical (unpaired) electrons. The second kappa shape index (κ2) is 6.12. The van der Waals surface area contributed by atoms with Crippen molar-refractivity contribution in [3.05, 3.63) is 42.5 Å². The maximum atomic E-state index is 12.8. The molecule has 0 atom stereocenters. The predicted molar refractivity (Wildman–Crippen MR) is 85.7 cm³/mol. The number of hydrogen-bond donors (Lipinski definition) is 0. The van der Waals surface area contributed by atoms with Gasteiger partial charge in [-0.1, -0.05) is 33.8 Å². The highest BCUT2D eigenvalue weighted by Gasteiger charge is 2.25. The lowest BCUT2D eigenvalue weighted by molar-refractivity contribution is 0.309. The Morgan fingerprint density at radius 2 is 2.00 bits per heavy atom. The zero-order valence-corrected chi connectivity index (χ0v) is 14.2. The fourth-order valence-electron chi connectivity index (χ4n) is 2.01. The Hall–Kier alpha value is -1.82. The lowest BCUT2D eigenvalue weighted by atomic mass is 9.87. The lowest BCUT2D eigenvalue weighted by Gasteiger charge is -2.21. The fraction of sp³-hybridized carbons (Fsp3) is 0.438. The molecule has 0 saturated carbocycles. The third-order valence-corrected chi connectivity index (χ3v) is 4.95. The highest BCUT2D eigenvalue weighted by molar-refractivity contribution is 7.90. The maximum absolute atomic E-state index is 12.8. The van der Waals surface area contributed by atoms with Crippen LogP contribution in [0.4, 0.5) is 0 Å². The molecule has 1 heterocycles. The molecule has 5 nitrogen and oxygen atoms in total. The Kier molecular flexibility index (Phi) is 4.60. The summed E-state index contributed by atoms with van der Waals surface area (Å²) in [6.45, 7) is 8.59. The minimum absolute atomic E-state index is 0.150. The van der Waals surface area contributed by atoms with E-state index in [1.165, 1.54) is 18.7 Å². The Bertz CT molecular complexity index is 729. The SMILES string of the molecule is CCCOc1ccc(C(C)(C)C)cc1S(=O)(=O)n1ccnc1. The van der Waals surface area contributed by atoms with Gasteiger partial charge in [-0.15, -0.1) is 0 Å². The Labute approximate surface area is 132 Å². The van der Waals surface area contributed by atoms with E-state index in [1.807, 2.05) is 33.8 Å². The van der Waals surface area contributed by atoms with E-state index in [2.05, 4.69) is 4.98 Å². The van der Waals surface area contributed by atoms with Crippen LogP contribution in [0.2, 0.25) is 0 Å². The molecule has 1 aromatic heterocycles.